The summed E-state index contributed by atoms with van der Waals surface area (Å²) < 4.78 is 10.4. The van der Waals surface area contributed by atoms with Gasteiger partial charge in [-0.15, -0.1) is 0 Å². The lowest BCUT2D eigenvalue weighted by Crippen LogP contribution is -2.53. The summed E-state index contributed by atoms with van der Waals surface area (Å²) in [5.41, 5.74) is 6.43. The van der Waals surface area contributed by atoms with Gasteiger partial charge in [0.1, 0.15) is 0 Å². The van der Waals surface area contributed by atoms with Crippen molar-refractivity contribution in [2.45, 2.75) is 31.7 Å². The van der Waals surface area contributed by atoms with Gasteiger partial charge in [-0.05, 0) is 43.4 Å². The highest BCUT2D eigenvalue weighted by atomic mass is 16.5. The Morgan fingerprint density at radius 3 is 2.52 bits per heavy atom. The number of nitrogens with one attached hydrogen (secondary N) is 1. The van der Waals surface area contributed by atoms with E-state index in [1.54, 1.807) is 14.2 Å². The quantitative estimate of drug-likeness (QED) is 0.798. The summed E-state index contributed by atoms with van der Waals surface area (Å²) >= 11 is 0. The molecule has 21 heavy (non-hydrogen) atoms. The maximum atomic E-state index is 12.2. The number of amides is 1. The maximum Gasteiger partial charge on any atom is 0.224 e. The third-order valence-corrected chi connectivity index (χ3v) is 4.14. The Morgan fingerprint density at radius 1 is 1.33 bits per heavy atom. The molecule has 1 aliphatic rings. The third-order valence-electron chi connectivity index (χ3n) is 4.14. The van der Waals surface area contributed by atoms with Crippen molar-refractivity contribution in [3.63, 3.8) is 0 Å². The fourth-order valence-electron chi connectivity index (χ4n) is 2.58. The predicted molar refractivity (Wildman–Crippen MR) is 81.6 cm³/mol. The molecule has 1 fully saturated rings. The van der Waals surface area contributed by atoms with Crippen LogP contribution < -0.4 is 20.5 Å². The molecule has 5 heteroatoms. The predicted octanol–water partition coefficient (Wildman–Crippen LogP) is 1.49. The van der Waals surface area contributed by atoms with Gasteiger partial charge in [-0.1, -0.05) is 6.07 Å². The molecule has 1 aromatic rings. The molecule has 0 aliphatic heterocycles. The van der Waals surface area contributed by atoms with Crippen LogP contribution in [0.1, 0.15) is 25.3 Å². The van der Waals surface area contributed by atoms with Crippen molar-refractivity contribution in [2.24, 2.45) is 11.7 Å². The van der Waals surface area contributed by atoms with Crippen LogP contribution in [0.4, 0.5) is 0 Å². The monoisotopic (exact) mass is 292 g/mol. The zero-order chi connectivity index (χ0) is 15.5. The van der Waals surface area contributed by atoms with Gasteiger partial charge in [-0.2, -0.15) is 0 Å². The van der Waals surface area contributed by atoms with E-state index in [-0.39, 0.29) is 11.4 Å². The van der Waals surface area contributed by atoms with E-state index in [1.807, 2.05) is 25.1 Å². The van der Waals surface area contributed by atoms with Crippen LogP contribution >= 0.6 is 0 Å². The van der Waals surface area contributed by atoms with Crippen LogP contribution in [0, 0.1) is 5.92 Å². The minimum absolute atomic E-state index is 0.0120. The van der Waals surface area contributed by atoms with Gasteiger partial charge in [-0.3, -0.25) is 4.79 Å². The van der Waals surface area contributed by atoms with E-state index in [2.05, 4.69) is 5.32 Å². The normalized spacial score (nSPS) is 17.0. The van der Waals surface area contributed by atoms with E-state index in [9.17, 15) is 4.79 Å². The highest BCUT2D eigenvalue weighted by Gasteiger charge is 2.41. The first-order valence-corrected chi connectivity index (χ1v) is 7.24. The minimum atomic E-state index is -0.284. The molecule has 3 N–H and O–H groups in total. The van der Waals surface area contributed by atoms with Crippen molar-refractivity contribution in [1.29, 1.82) is 0 Å². The first kappa shape index (κ1) is 15.6. The molecule has 1 amide bonds. The molecule has 2 rings (SSSR count). The van der Waals surface area contributed by atoms with Crippen LogP contribution in [0.3, 0.4) is 0 Å². The van der Waals surface area contributed by atoms with Crippen LogP contribution in [-0.4, -0.2) is 32.2 Å². The molecular weight excluding hydrogens is 268 g/mol. The van der Waals surface area contributed by atoms with Crippen molar-refractivity contribution in [3.8, 4) is 11.5 Å². The van der Waals surface area contributed by atoms with Crippen LogP contribution in [0.25, 0.3) is 0 Å². The Balaban J connectivity index is 2.02. The molecule has 1 saturated carbocycles. The van der Waals surface area contributed by atoms with Crippen LogP contribution in [0.15, 0.2) is 18.2 Å². The SMILES string of the molecule is COc1ccc(CC(=O)NC(C)(CN)C2CC2)cc1OC. The van der Waals surface area contributed by atoms with Crippen LogP contribution in [0.2, 0.25) is 0 Å². The number of nitrogens with two attached hydrogens (primary N) is 1. The van der Waals surface area contributed by atoms with Gasteiger partial charge < -0.3 is 20.5 Å². The molecule has 1 aromatic carbocycles. The summed E-state index contributed by atoms with van der Waals surface area (Å²) in [7, 11) is 3.17. The van der Waals surface area contributed by atoms with Crippen LogP contribution in [0.5, 0.6) is 11.5 Å². The number of methoxy groups -OCH3 is 2. The second-order valence-electron chi connectivity index (χ2n) is 5.81. The van der Waals surface area contributed by atoms with E-state index in [0.29, 0.717) is 30.4 Å². The van der Waals surface area contributed by atoms with Crippen molar-refractivity contribution in [3.05, 3.63) is 23.8 Å². The van der Waals surface area contributed by atoms with E-state index in [0.717, 1.165) is 18.4 Å². The molecular formula is C16H24N2O3. The second-order valence-corrected chi connectivity index (χ2v) is 5.81. The van der Waals surface area contributed by atoms with Gasteiger partial charge in [0, 0.05) is 6.54 Å². The molecule has 5 nitrogen and oxygen atoms in total. The Bertz CT molecular complexity index is 514. The molecule has 1 aliphatic carbocycles. The van der Waals surface area contributed by atoms with Crippen molar-refractivity contribution in [2.75, 3.05) is 20.8 Å². The van der Waals surface area contributed by atoms with Crippen molar-refractivity contribution < 1.29 is 14.3 Å². The lowest BCUT2D eigenvalue weighted by atomic mass is 9.95. The lowest BCUT2D eigenvalue weighted by Gasteiger charge is -2.29. The number of benzene rings is 1. The number of hydrogen-bond donors (Lipinski definition) is 2. The fourth-order valence-corrected chi connectivity index (χ4v) is 2.58. The highest BCUT2D eigenvalue weighted by molar-refractivity contribution is 5.79. The number of rotatable bonds is 7. The van der Waals surface area contributed by atoms with Gasteiger partial charge in [0.15, 0.2) is 11.5 Å². The topological polar surface area (TPSA) is 73.6 Å². The van der Waals surface area contributed by atoms with Crippen molar-refractivity contribution in [1.82, 2.24) is 5.32 Å². The summed E-state index contributed by atoms with van der Waals surface area (Å²) in [6, 6.07) is 5.51. The molecule has 116 valence electrons. The second kappa shape index (κ2) is 6.35. The molecule has 0 radical (unpaired) electrons. The number of carbonyl (C=O) groups excluding carboxylic acids is 1. The van der Waals surface area contributed by atoms with Gasteiger partial charge in [0.05, 0.1) is 26.2 Å². The number of carbonyl (C=O) groups is 1. The van der Waals surface area contributed by atoms with Gasteiger partial charge >= 0.3 is 0 Å². The summed E-state index contributed by atoms with van der Waals surface area (Å²) in [6.45, 7) is 2.49. The average Bonchev–Trinajstić information content (AvgIpc) is 3.31. The van der Waals surface area contributed by atoms with E-state index >= 15 is 0 Å². The standard InChI is InChI=1S/C16H24N2O3/c1-16(10-17,12-5-6-12)18-15(19)9-11-4-7-13(20-2)14(8-11)21-3/h4,7-8,12H,5-6,9-10,17H2,1-3H3,(H,18,19). The molecule has 0 saturated heterocycles. The zero-order valence-electron chi connectivity index (χ0n) is 12.9. The maximum absolute atomic E-state index is 12.2. The average molecular weight is 292 g/mol. The van der Waals surface area contributed by atoms with E-state index in [4.69, 9.17) is 15.2 Å². The van der Waals surface area contributed by atoms with Gasteiger partial charge in [0.25, 0.3) is 0 Å². The minimum Gasteiger partial charge on any atom is -0.493 e. The Kier molecular flexibility index (Phi) is 4.73. The Morgan fingerprint density at radius 2 is 2.00 bits per heavy atom. The summed E-state index contributed by atoms with van der Waals surface area (Å²) in [5.74, 6) is 1.79. The lowest BCUT2D eigenvalue weighted by molar-refractivity contribution is -0.122. The first-order chi connectivity index (χ1) is 10.0. The third kappa shape index (κ3) is 3.67. The van der Waals surface area contributed by atoms with Gasteiger partial charge in [0.2, 0.25) is 5.91 Å². The molecule has 1 atom stereocenters. The Hall–Kier alpha value is -1.75. The largest absolute Gasteiger partial charge is 0.493 e. The van der Waals surface area contributed by atoms with Crippen LogP contribution in [-0.2, 0) is 11.2 Å². The first-order valence-electron chi connectivity index (χ1n) is 7.24. The summed E-state index contributed by atoms with van der Waals surface area (Å²) in [4.78, 5) is 12.2. The van der Waals surface area contributed by atoms with Crippen molar-refractivity contribution >= 4 is 5.91 Å². The Labute approximate surface area is 125 Å². The molecule has 0 bridgehead atoms. The molecule has 0 aromatic heterocycles. The molecule has 1 unspecified atom stereocenters. The molecule has 0 heterocycles. The number of ether oxygens (including phenoxy) is 2. The van der Waals surface area contributed by atoms with Gasteiger partial charge in [-0.25, -0.2) is 0 Å². The fraction of sp³-hybridized carbons (Fsp3) is 0.562. The van der Waals surface area contributed by atoms with E-state index in [1.165, 1.54) is 0 Å². The smallest absolute Gasteiger partial charge is 0.224 e. The zero-order valence-corrected chi connectivity index (χ0v) is 12.9. The highest BCUT2D eigenvalue weighted by Crippen LogP contribution is 2.39. The summed E-state index contributed by atoms with van der Waals surface area (Å²) in [6.07, 6.45) is 2.59. The molecule has 0 spiro atoms. The number of hydrogen-bond acceptors (Lipinski definition) is 4. The summed E-state index contributed by atoms with van der Waals surface area (Å²) in [5, 5.41) is 3.08. The van der Waals surface area contributed by atoms with E-state index < -0.39 is 0 Å².